The number of nitrogens with zero attached hydrogens (tertiary/aromatic N) is 4. The van der Waals surface area contributed by atoms with Crippen molar-refractivity contribution < 1.29 is 9.59 Å². The first-order valence-corrected chi connectivity index (χ1v) is 9.60. The number of nitrogens with one attached hydrogen (secondary N) is 1. The molecule has 1 aromatic heterocycles. The number of hydrogen-bond donors (Lipinski definition) is 1. The van der Waals surface area contributed by atoms with Crippen LogP contribution in [0.3, 0.4) is 0 Å². The molecule has 1 atom stereocenters. The quantitative estimate of drug-likeness (QED) is 0.599. The lowest BCUT2D eigenvalue weighted by atomic mass is 10.1. The zero-order valence-electron chi connectivity index (χ0n) is 16.7. The smallest absolute Gasteiger partial charge is 0.251 e. The summed E-state index contributed by atoms with van der Waals surface area (Å²) >= 11 is 0. The van der Waals surface area contributed by atoms with E-state index in [1.807, 2.05) is 49.4 Å². The number of carbonyl (C=O) groups excluding carboxylic acids is 2. The lowest BCUT2D eigenvalue weighted by Gasteiger charge is -2.25. The van der Waals surface area contributed by atoms with E-state index in [1.54, 1.807) is 35.1 Å². The molecular weight excluding hydrogens is 366 g/mol. The molecule has 0 saturated heterocycles. The van der Waals surface area contributed by atoms with Gasteiger partial charge < -0.3 is 10.2 Å². The zero-order valence-corrected chi connectivity index (χ0v) is 16.7. The Labute approximate surface area is 170 Å². The first-order valence-electron chi connectivity index (χ1n) is 9.60. The molecule has 3 rings (SSSR count). The highest BCUT2D eigenvalue weighted by Crippen LogP contribution is 2.21. The Morgan fingerprint density at radius 2 is 1.83 bits per heavy atom. The molecule has 0 fully saturated rings. The second kappa shape index (κ2) is 9.64. The van der Waals surface area contributed by atoms with Crippen LogP contribution in [0.25, 0.3) is 5.69 Å². The van der Waals surface area contributed by atoms with Gasteiger partial charge in [-0.25, -0.2) is 9.67 Å². The number of carbonyl (C=O) groups is 2. The minimum atomic E-state index is -0.118. The fraction of sp³-hybridized carbons (Fsp3) is 0.273. The Kier molecular flexibility index (Phi) is 6.73. The third-order valence-electron chi connectivity index (χ3n) is 4.92. The summed E-state index contributed by atoms with van der Waals surface area (Å²) in [5, 5.41) is 6.96. The van der Waals surface area contributed by atoms with Crippen LogP contribution in [0.1, 0.15) is 41.7 Å². The summed E-state index contributed by atoms with van der Waals surface area (Å²) in [6, 6.07) is 16.9. The monoisotopic (exact) mass is 391 g/mol. The molecule has 0 bridgehead atoms. The molecule has 0 aliphatic heterocycles. The average molecular weight is 391 g/mol. The molecule has 0 spiro atoms. The third-order valence-corrected chi connectivity index (χ3v) is 4.92. The summed E-state index contributed by atoms with van der Waals surface area (Å²) in [7, 11) is 1.81. The Balaban J connectivity index is 1.46. The lowest BCUT2D eigenvalue weighted by Crippen LogP contribution is -2.31. The first-order chi connectivity index (χ1) is 14.1. The normalized spacial score (nSPS) is 11.7. The van der Waals surface area contributed by atoms with Crippen molar-refractivity contribution in [2.45, 2.75) is 25.8 Å². The van der Waals surface area contributed by atoms with Crippen LogP contribution in [0.15, 0.2) is 67.3 Å². The number of benzene rings is 2. The van der Waals surface area contributed by atoms with Crippen molar-refractivity contribution in [3.05, 3.63) is 78.4 Å². The molecule has 0 radical (unpaired) electrons. The van der Waals surface area contributed by atoms with E-state index in [0.717, 1.165) is 11.3 Å². The van der Waals surface area contributed by atoms with E-state index in [1.165, 1.54) is 6.33 Å². The molecule has 2 aromatic carbocycles. The molecule has 3 aromatic rings. The predicted molar refractivity (Wildman–Crippen MR) is 111 cm³/mol. The molecule has 0 saturated carbocycles. The van der Waals surface area contributed by atoms with E-state index < -0.39 is 0 Å². The van der Waals surface area contributed by atoms with Gasteiger partial charge in [-0.2, -0.15) is 5.10 Å². The van der Waals surface area contributed by atoms with Crippen LogP contribution in [-0.2, 0) is 4.79 Å². The maximum absolute atomic E-state index is 12.5. The molecule has 7 nitrogen and oxygen atoms in total. The van der Waals surface area contributed by atoms with Gasteiger partial charge >= 0.3 is 0 Å². The van der Waals surface area contributed by atoms with Crippen LogP contribution < -0.4 is 5.32 Å². The van der Waals surface area contributed by atoms with Crippen molar-refractivity contribution in [2.24, 2.45) is 0 Å². The molecule has 0 aliphatic carbocycles. The van der Waals surface area contributed by atoms with E-state index in [0.29, 0.717) is 24.9 Å². The molecule has 2 amide bonds. The maximum atomic E-state index is 12.5. The standard InChI is InChI=1S/C22H25N5O2/c1-17(18-10-12-20(13-11-18)27-16-23-15-25-27)26(2)21(28)9-6-14-24-22(29)19-7-4-3-5-8-19/h3-5,7-8,10-13,15-17H,6,9,14H2,1-2H3,(H,24,29). The van der Waals surface area contributed by atoms with Gasteiger partial charge in [0.05, 0.1) is 11.7 Å². The minimum absolute atomic E-state index is 0.0480. The Morgan fingerprint density at radius 1 is 1.10 bits per heavy atom. The van der Waals surface area contributed by atoms with E-state index in [4.69, 9.17) is 0 Å². The zero-order chi connectivity index (χ0) is 20.6. The molecule has 29 heavy (non-hydrogen) atoms. The number of hydrogen-bond acceptors (Lipinski definition) is 4. The predicted octanol–water partition coefficient (Wildman–Crippen LogP) is 3.00. The second-order valence-corrected chi connectivity index (χ2v) is 6.84. The van der Waals surface area contributed by atoms with Crippen LogP contribution in [0.4, 0.5) is 0 Å². The number of aromatic nitrogens is 3. The summed E-state index contributed by atoms with van der Waals surface area (Å²) in [5.41, 5.74) is 2.59. The average Bonchev–Trinajstić information content (AvgIpc) is 3.31. The largest absolute Gasteiger partial charge is 0.352 e. The van der Waals surface area contributed by atoms with Crippen LogP contribution in [0.2, 0.25) is 0 Å². The van der Waals surface area contributed by atoms with Crippen molar-refractivity contribution in [2.75, 3.05) is 13.6 Å². The first kappa shape index (κ1) is 20.3. The Morgan fingerprint density at radius 3 is 2.48 bits per heavy atom. The van der Waals surface area contributed by atoms with Gasteiger partial charge in [-0.1, -0.05) is 30.3 Å². The van der Waals surface area contributed by atoms with E-state index in [9.17, 15) is 9.59 Å². The number of rotatable bonds is 8. The highest BCUT2D eigenvalue weighted by Gasteiger charge is 2.17. The van der Waals surface area contributed by atoms with Gasteiger partial charge in [0.1, 0.15) is 12.7 Å². The van der Waals surface area contributed by atoms with Gasteiger partial charge in [0.2, 0.25) is 5.91 Å². The summed E-state index contributed by atoms with van der Waals surface area (Å²) in [4.78, 5) is 30.2. The maximum Gasteiger partial charge on any atom is 0.251 e. The van der Waals surface area contributed by atoms with Crippen molar-refractivity contribution in [1.82, 2.24) is 25.0 Å². The molecular formula is C22H25N5O2. The summed E-state index contributed by atoms with van der Waals surface area (Å²) in [6.07, 6.45) is 4.11. The molecule has 1 N–H and O–H groups in total. The fourth-order valence-electron chi connectivity index (χ4n) is 3.00. The highest BCUT2D eigenvalue weighted by molar-refractivity contribution is 5.94. The van der Waals surface area contributed by atoms with E-state index >= 15 is 0 Å². The van der Waals surface area contributed by atoms with Crippen molar-refractivity contribution >= 4 is 11.8 Å². The highest BCUT2D eigenvalue weighted by atomic mass is 16.2. The molecule has 150 valence electrons. The van der Waals surface area contributed by atoms with Crippen LogP contribution >= 0.6 is 0 Å². The third kappa shape index (κ3) is 5.28. The molecule has 7 heteroatoms. The molecule has 1 unspecified atom stereocenters. The van der Waals surface area contributed by atoms with Crippen LogP contribution in [0, 0.1) is 0 Å². The lowest BCUT2D eigenvalue weighted by molar-refractivity contribution is -0.131. The SMILES string of the molecule is CC(c1ccc(-n2cncn2)cc1)N(C)C(=O)CCCNC(=O)c1ccccc1. The van der Waals surface area contributed by atoms with Gasteiger partial charge in [0.25, 0.3) is 5.91 Å². The summed E-state index contributed by atoms with van der Waals surface area (Å²) < 4.78 is 1.69. The second-order valence-electron chi connectivity index (χ2n) is 6.84. The van der Waals surface area contributed by atoms with Gasteiger partial charge in [0, 0.05) is 25.6 Å². The van der Waals surface area contributed by atoms with Crippen molar-refractivity contribution in [3.8, 4) is 5.69 Å². The van der Waals surface area contributed by atoms with Gasteiger partial charge in [-0.3, -0.25) is 9.59 Å². The Hall–Kier alpha value is -3.48. The topological polar surface area (TPSA) is 80.1 Å². The van der Waals surface area contributed by atoms with Crippen LogP contribution in [0.5, 0.6) is 0 Å². The van der Waals surface area contributed by atoms with Crippen LogP contribution in [-0.4, -0.2) is 45.1 Å². The van der Waals surface area contributed by atoms with Gasteiger partial charge in [-0.15, -0.1) is 0 Å². The summed E-state index contributed by atoms with van der Waals surface area (Å²) in [5.74, 6) is -0.0703. The minimum Gasteiger partial charge on any atom is -0.352 e. The van der Waals surface area contributed by atoms with Crippen molar-refractivity contribution in [1.29, 1.82) is 0 Å². The van der Waals surface area contributed by atoms with Gasteiger partial charge in [0.15, 0.2) is 0 Å². The van der Waals surface area contributed by atoms with Gasteiger partial charge in [-0.05, 0) is 43.2 Å². The summed E-state index contributed by atoms with van der Waals surface area (Å²) in [6.45, 7) is 2.47. The van der Waals surface area contributed by atoms with Crippen molar-refractivity contribution in [3.63, 3.8) is 0 Å². The Bertz CT molecular complexity index is 924. The number of amides is 2. The fourth-order valence-corrected chi connectivity index (χ4v) is 3.00. The molecule has 0 aliphatic rings. The van der Waals surface area contributed by atoms with E-state index in [2.05, 4.69) is 15.4 Å². The van der Waals surface area contributed by atoms with E-state index in [-0.39, 0.29) is 17.9 Å². The molecule has 1 heterocycles.